The van der Waals surface area contributed by atoms with Crippen LogP contribution in [0, 0.1) is 12.8 Å². The molecule has 2 rings (SSSR count). The van der Waals surface area contributed by atoms with Crippen LogP contribution in [0.3, 0.4) is 0 Å². The first kappa shape index (κ1) is 14.3. The maximum Gasteiger partial charge on any atom is 0.130 e. The van der Waals surface area contributed by atoms with Crippen molar-refractivity contribution in [3.63, 3.8) is 0 Å². The van der Waals surface area contributed by atoms with Gasteiger partial charge in [-0.2, -0.15) is 5.10 Å². The molecule has 1 aromatic rings. The second-order valence-corrected chi connectivity index (χ2v) is 5.96. The molecule has 0 saturated carbocycles. The molecule has 5 heteroatoms. The van der Waals surface area contributed by atoms with Crippen molar-refractivity contribution in [2.24, 2.45) is 18.7 Å². The third-order valence-electron chi connectivity index (χ3n) is 4.24. The Labute approximate surface area is 116 Å². The molecule has 0 aromatic carbocycles. The Hall–Kier alpha value is -1.07. The zero-order valence-electron chi connectivity index (χ0n) is 12.8. The van der Waals surface area contributed by atoms with Crippen molar-refractivity contribution in [1.82, 2.24) is 14.7 Å². The highest BCUT2D eigenvalue weighted by molar-refractivity contribution is 5.51. The number of nitrogens with zero attached hydrogens (tertiary/aromatic N) is 4. The highest BCUT2D eigenvalue weighted by Crippen LogP contribution is 2.30. The van der Waals surface area contributed by atoms with Crippen molar-refractivity contribution >= 4 is 5.82 Å². The fourth-order valence-electron chi connectivity index (χ4n) is 3.32. The van der Waals surface area contributed by atoms with E-state index in [1.54, 1.807) is 0 Å². The lowest BCUT2D eigenvalue weighted by Gasteiger charge is -2.23. The van der Waals surface area contributed by atoms with Gasteiger partial charge in [0.05, 0.1) is 5.69 Å². The highest BCUT2D eigenvalue weighted by Gasteiger charge is 2.33. The van der Waals surface area contributed by atoms with Gasteiger partial charge in [-0.25, -0.2) is 0 Å². The standard InChI is InChI=1S/C14H27N5/c1-10-8-19(9-13(10)17(3)4)14-12(6-7-15)11(2)16-18(14)5/h10,13H,6-9,15H2,1-5H3. The maximum absolute atomic E-state index is 5.75. The molecule has 0 amide bonds. The minimum absolute atomic E-state index is 0.612. The zero-order chi connectivity index (χ0) is 14.2. The van der Waals surface area contributed by atoms with Gasteiger partial charge in [-0.05, 0) is 39.9 Å². The summed E-state index contributed by atoms with van der Waals surface area (Å²) in [5, 5.41) is 4.57. The lowest BCUT2D eigenvalue weighted by molar-refractivity contribution is 0.266. The molecular formula is C14H27N5. The van der Waals surface area contributed by atoms with E-state index in [1.807, 2.05) is 11.7 Å². The third kappa shape index (κ3) is 2.62. The molecule has 1 aliphatic rings. The van der Waals surface area contributed by atoms with Crippen LogP contribution in [0.5, 0.6) is 0 Å². The molecule has 1 saturated heterocycles. The fraction of sp³-hybridized carbons (Fsp3) is 0.786. The normalized spacial score (nSPS) is 23.6. The maximum atomic E-state index is 5.75. The van der Waals surface area contributed by atoms with Gasteiger partial charge in [-0.15, -0.1) is 0 Å². The summed E-state index contributed by atoms with van der Waals surface area (Å²) in [5.74, 6) is 1.94. The number of likely N-dealkylation sites (N-methyl/N-ethyl adjacent to an activating group) is 1. The molecule has 2 heterocycles. The molecule has 19 heavy (non-hydrogen) atoms. The average molecular weight is 265 g/mol. The Morgan fingerprint density at radius 1 is 1.37 bits per heavy atom. The van der Waals surface area contributed by atoms with E-state index in [0.717, 1.165) is 25.2 Å². The lowest BCUT2D eigenvalue weighted by Crippen LogP contribution is -2.34. The topological polar surface area (TPSA) is 50.3 Å². The number of aryl methyl sites for hydroxylation is 2. The third-order valence-corrected chi connectivity index (χ3v) is 4.24. The van der Waals surface area contributed by atoms with Crippen LogP contribution in [0.1, 0.15) is 18.2 Å². The molecule has 0 radical (unpaired) electrons. The monoisotopic (exact) mass is 265 g/mol. The summed E-state index contributed by atoms with van der Waals surface area (Å²) in [6.07, 6.45) is 0.909. The lowest BCUT2D eigenvalue weighted by atomic mass is 10.1. The average Bonchev–Trinajstić information content (AvgIpc) is 2.81. The van der Waals surface area contributed by atoms with Gasteiger partial charge >= 0.3 is 0 Å². The van der Waals surface area contributed by atoms with E-state index in [1.165, 1.54) is 11.4 Å². The number of hydrogen-bond acceptors (Lipinski definition) is 4. The van der Waals surface area contributed by atoms with Crippen molar-refractivity contribution in [2.75, 3.05) is 38.6 Å². The summed E-state index contributed by atoms with van der Waals surface area (Å²) in [6, 6.07) is 0.612. The van der Waals surface area contributed by atoms with E-state index < -0.39 is 0 Å². The summed E-state index contributed by atoms with van der Waals surface area (Å²) in [5.41, 5.74) is 8.18. The van der Waals surface area contributed by atoms with E-state index in [4.69, 9.17) is 5.73 Å². The Morgan fingerprint density at radius 2 is 2.05 bits per heavy atom. The Kier molecular flexibility index (Phi) is 4.16. The van der Waals surface area contributed by atoms with Crippen LogP contribution in [0.25, 0.3) is 0 Å². The summed E-state index contributed by atoms with van der Waals surface area (Å²) >= 11 is 0. The SMILES string of the molecule is Cc1nn(C)c(N2CC(C)C(N(C)C)C2)c1CCN. The molecule has 1 aliphatic heterocycles. The molecule has 2 atom stereocenters. The largest absolute Gasteiger partial charge is 0.355 e. The van der Waals surface area contributed by atoms with Crippen LogP contribution in [0.4, 0.5) is 5.82 Å². The van der Waals surface area contributed by atoms with Crippen LogP contribution in [-0.4, -0.2) is 54.5 Å². The van der Waals surface area contributed by atoms with Crippen molar-refractivity contribution in [2.45, 2.75) is 26.3 Å². The van der Waals surface area contributed by atoms with Crippen LogP contribution < -0.4 is 10.6 Å². The second-order valence-electron chi connectivity index (χ2n) is 5.96. The van der Waals surface area contributed by atoms with Crippen LogP contribution in [0.2, 0.25) is 0 Å². The zero-order valence-corrected chi connectivity index (χ0v) is 12.8. The summed E-state index contributed by atoms with van der Waals surface area (Å²) in [7, 11) is 6.37. The number of nitrogens with two attached hydrogens (primary N) is 1. The van der Waals surface area contributed by atoms with E-state index in [0.29, 0.717) is 18.5 Å². The number of aromatic nitrogens is 2. The first-order valence-corrected chi connectivity index (χ1v) is 7.09. The Morgan fingerprint density at radius 3 is 2.58 bits per heavy atom. The van der Waals surface area contributed by atoms with Gasteiger partial charge in [0.15, 0.2) is 0 Å². The molecule has 0 spiro atoms. The minimum Gasteiger partial charge on any atom is -0.355 e. The number of anilines is 1. The first-order chi connectivity index (χ1) is 8.95. The summed E-state index contributed by atoms with van der Waals surface area (Å²) < 4.78 is 2.02. The summed E-state index contributed by atoms with van der Waals surface area (Å²) in [4.78, 5) is 4.80. The minimum atomic E-state index is 0.612. The highest BCUT2D eigenvalue weighted by atomic mass is 15.4. The predicted octanol–water partition coefficient (Wildman–Crippen LogP) is 0.616. The van der Waals surface area contributed by atoms with Crippen LogP contribution >= 0.6 is 0 Å². The van der Waals surface area contributed by atoms with Crippen molar-refractivity contribution in [1.29, 1.82) is 0 Å². The number of hydrogen-bond donors (Lipinski definition) is 1. The van der Waals surface area contributed by atoms with Gasteiger partial charge in [-0.1, -0.05) is 6.92 Å². The molecule has 1 aromatic heterocycles. The van der Waals surface area contributed by atoms with Crippen molar-refractivity contribution < 1.29 is 0 Å². The van der Waals surface area contributed by atoms with Gasteiger partial charge < -0.3 is 15.5 Å². The van der Waals surface area contributed by atoms with E-state index in [2.05, 4.69) is 42.8 Å². The molecule has 0 aliphatic carbocycles. The molecule has 108 valence electrons. The fourth-order valence-corrected chi connectivity index (χ4v) is 3.32. The second kappa shape index (κ2) is 5.51. The first-order valence-electron chi connectivity index (χ1n) is 7.09. The Balaban J connectivity index is 2.28. The van der Waals surface area contributed by atoms with Gasteiger partial charge in [0.25, 0.3) is 0 Å². The van der Waals surface area contributed by atoms with Gasteiger partial charge in [0, 0.05) is 31.7 Å². The van der Waals surface area contributed by atoms with Crippen molar-refractivity contribution in [3.8, 4) is 0 Å². The number of rotatable bonds is 4. The molecule has 2 unspecified atom stereocenters. The quantitative estimate of drug-likeness (QED) is 0.867. The van der Waals surface area contributed by atoms with Crippen LogP contribution in [-0.2, 0) is 13.5 Å². The predicted molar refractivity (Wildman–Crippen MR) is 79.6 cm³/mol. The molecule has 0 bridgehead atoms. The van der Waals surface area contributed by atoms with E-state index in [9.17, 15) is 0 Å². The van der Waals surface area contributed by atoms with Crippen LogP contribution in [0.15, 0.2) is 0 Å². The van der Waals surface area contributed by atoms with E-state index in [-0.39, 0.29) is 0 Å². The molecule has 1 fully saturated rings. The Bertz CT molecular complexity index is 437. The van der Waals surface area contributed by atoms with Gasteiger partial charge in [0.2, 0.25) is 0 Å². The summed E-state index contributed by atoms with van der Waals surface area (Å²) in [6.45, 7) is 7.26. The van der Waals surface area contributed by atoms with Gasteiger partial charge in [-0.3, -0.25) is 4.68 Å². The van der Waals surface area contributed by atoms with Gasteiger partial charge in [0.1, 0.15) is 5.82 Å². The molecular weight excluding hydrogens is 238 g/mol. The van der Waals surface area contributed by atoms with E-state index >= 15 is 0 Å². The molecule has 5 nitrogen and oxygen atoms in total. The molecule has 2 N–H and O–H groups in total. The smallest absolute Gasteiger partial charge is 0.130 e. The van der Waals surface area contributed by atoms with Crippen molar-refractivity contribution in [3.05, 3.63) is 11.3 Å².